The number of aromatic nitrogens is 1. The van der Waals surface area contributed by atoms with Crippen molar-refractivity contribution in [1.82, 2.24) is 4.98 Å². The van der Waals surface area contributed by atoms with Crippen LogP contribution in [0.2, 0.25) is 0 Å². The molecule has 0 unspecified atom stereocenters. The summed E-state index contributed by atoms with van der Waals surface area (Å²) in [5.41, 5.74) is 0.950. The van der Waals surface area contributed by atoms with Gasteiger partial charge in [0.25, 0.3) is 0 Å². The van der Waals surface area contributed by atoms with Crippen molar-refractivity contribution in [3.8, 4) is 11.5 Å². The lowest BCUT2D eigenvalue weighted by Gasteiger charge is -2.09. The molecule has 114 valence electrons. The molecule has 22 heavy (non-hydrogen) atoms. The molecule has 0 saturated heterocycles. The van der Waals surface area contributed by atoms with Crippen LogP contribution in [-0.2, 0) is 12.8 Å². The van der Waals surface area contributed by atoms with Crippen LogP contribution < -0.4 is 4.74 Å². The van der Waals surface area contributed by atoms with E-state index in [0.717, 1.165) is 28.6 Å². The van der Waals surface area contributed by atoms with E-state index in [1.165, 1.54) is 12.1 Å². The highest BCUT2D eigenvalue weighted by atomic mass is 19.4. The van der Waals surface area contributed by atoms with Crippen molar-refractivity contribution in [1.29, 1.82) is 0 Å². The number of phenolic OH excluding ortho intramolecular Hbond substituents is 1. The molecule has 6 heteroatoms. The zero-order chi connectivity index (χ0) is 15.7. The number of nitrogens with one attached hydrogen (secondary N) is 1. The maximum atomic E-state index is 12.5. The number of hydrogen-bond donors (Lipinski definition) is 2. The van der Waals surface area contributed by atoms with Crippen molar-refractivity contribution < 1.29 is 23.0 Å². The van der Waals surface area contributed by atoms with Crippen molar-refractivity contribution >= 4 is 10.9 Å². The molecule has 1 heterocycles. The summed E-state index contributed by atoms with van der Waals surface area (Å²) in [6, 6.07) is 9.46. The molecule has 3 rings (SSSR count). The molecule has 0 saturated carbocycles. The lowest BCUT2D eigenvalue weighted by molar-refractivity contribution is -0.137. The molecule has 2 N–H and O–H groups in total. The van der Waals surface area contributed by atoms with E-state index in [4.69, 9.17) is 4.74 Å². The molecule has 0 aliphatic carbocycles. The van der Waals surface area contributed by atoms with Crippen molar-refractivity contribution in [2.45, 2.75) is 12.8 Å². The predicted molar refractivity (Wildman–Crippen MR) is 75.7 cm³/mol. The average molecular weight is 307 g/mol. The van der Waals surface area contributed by atoms with Crippen molar-refractivity contribution in [2.24, 2.45) is 0 Å². The van der Waals surface area contributed by atoms with Gasteiger partial charge in [0.2, 0.25) is 0 Å². The second-order valence-electron chi connectivity index (χ2n) is 4.85. The van der Waals surface area contributed by atoms with Gasteiger partial charge in [-0.2, -0.15) is 13.2 Å². The SMILES string of the molecule is Oc1ccc2[nH]cc(COc3ccc(C(F)(F)F)cc3)c2c1. The normalized spacial score (nSPS) is 11.8. The van der Waals surface area contributed by atoms with Crippen LogP contribution in [0.4, 0.5) is 13.2 Å². The number of rotatable bonds is 3. The van der Waals surface area contributed by atoms with Gasteiger partial charge in [0.1, 0.15) is 18.1 Å². The van der Waals surface area contributed by atoms with Crippen LogP contribution in [0.5, 0.6) is 11.5 Å². The minimum atomic E-state index is -4.35. The Morgan fingerprint density at radius 2 is 1.77 bits per heavy atom. The summed E-state index contributed by atoms with van der Waals surface area (Å²) >= 11 is 0. The fourth-order valence-electron chi connectivity index (χ4n) is 2.19. The number of phenols is 1. The molecule has 0 spiro atoms. The Morgan fingerprint density at radius 1 is 1.05 bits per heavy atom. The van der Waals surface area contributed by atoms with Crippen molar-refractivity contribution in [3.05, 3.63) is 59.8 Å². The number of hydrogen-bond acceptors (Lipinski definition) is 2. The molecule has 1 aromatic heterocycles. The number of halogens is 3. The van der Waals surface area contributed by atoms with Gasteiger partial charge in [-0.15, -0.1) is 0 Å². The van der Waals surface area contributed by atoms with E-state index in [1.54, 1.807) is 24.4 Å². The molecule has 0 radical (unpaired) electrons. The smallest absolute Gasteiger partial charge is 0.416 e. The summed E-state index contributed by atoms with van der Waals surface area (Å²) in [5, 5.41) is 10.3. The third-order valence-electron chi connectivity index (χ3n) is 3.33. The third kappa shape index (κ3) is 2.86. The molecular formula is C16H12F3NO2. The van der Waals surface area contributed by atoms with Gasteiger partial charge in [-0.3, -0.25) is 0 Å². The molecule has 0 amide bonds. The van der Waals surface area contributed by atoms with Crippen LogP contribution in [0.15, 0.2) is 48.7 Å². The van der Waals surface area contributed by atoms with Crippen molar-refractivity contribution in [3.63, 3.8) is 0 Å². The predicted octanol–water partition coefficient (Wildman–Crippen LogP) is 4.47. The third-order valence-corrected chi connectivity index (χ3v) is 3.33. The minimum absolute atomic E-state index is 0.142. The molecule has 3 aromatic rings. The number of fused-ring (bicyclic) bond motifs is 1. The highest BCUT2D eigenvalue weighted by Gasteiger charge is 2.30. The van der Waals surface area contributed by atoms with Crippen LogP contribution in [0.25, 0.3) is 10.9 Å². The van der Waals surface area contributed by atoms with E-state index >= 15 is 0 Å². The largest absolute Gasteiger partial charge is 0.508 e. The van der Waals surface area contributed by atoms with Gasteiger partial charge < -0.3 is 14.8 Å². The molecule has 0 aliphatic rings. The van der Waals surface area contributed by atoms with Gasteiger partial charge >= 0.3 is 6.18 Å². The Bertz CT molecular complexity index is 791. The Morgan fingerprint density at radius 3 is 2.45 bits per heavy atom. The van der Waals surface area contributed by atoms with Crippen LogP contribution in [0.3, 0.4) is 0 Å². The van der Waals surface area contributed by atoms with Crippen molar-refractivity contribution in [2.75, 3.05) is 0 Å². The first-order chi connectivity index (χ1) is 10.4. The number of aromatic amines is 1. The standard InChI is InChI=1S/C16H12F3NO2/c17-16(18,19)11-1-4-13(5-2-11)22-9-10-8-20-15-6-3-12(21)7-14(10)15/h1-8,20-21H,9H2. The fourth-order valence-corrected chi connectivity index (χ4v) is 2.19. The van der Waals surface area contributed by atoms with Gasteiger partial charge in [-0.05, 0) is 42.5 Å². The first kappa shape index (κ1) is 14.3. The summed E-state index contributed by atoms with van der Waals surface area (Å²) in [6.07, 6.45) is -2.61. The van der Waals surface area contributed by atoms with Gasteiger partial charge in [-0.25, -0.2) is 0 Å². The fraction of sp³-hybridized carbons (Fsp3) is 0.125. The van der Waals surface area contributed by atoms with E-state index in [0.29, 0.717) is 5.75 Å². The number of alkyl halides is 3. The Kier molecular flexibility index (Phi) is 3.44. The van der Waals surface area contributed by atoms with Crippen LogP contribution in [0.1, 0.15) is 11.1 Å². The van der Waals surface area contributed by atoms with Crippen LogP contribution in [-0.4, -0.2) is 10.1 Å². The number of ether oxygens (including phenoxy) is 1. The van der Waals surface area contributed by atoms with Gasteiger partial charge in [0.05, 0.1) is 5.56 Å². The first-order valence-corrected chi connectivity index (χ1v) is 6.52. The highest BCUT2D eigenvalue weighted by molar-refractivity contribution is 5.84. The number of aromatic hydroxyl groups is 1. The number of H-pyrrole nitrogens is 1. The summed E-state index contributed by atoms with van der Waals surface area (Å²) in [5.74, 6) is 0.491. The van der Waals surface area contributed by atoms with E-state index in [1.807, 2.05) is 0 Å². The van der Waals surface area contributed by atoms with E-state index < -0.39 is 11.7 Å². The van der Waals surface area contributed by atoms with Crippen LogP contribution >= 0.6 is 0 Å². The molecular weight excluding hydrogens is 295 g/mol. The molecule has 0 aliphatic heterocycles. The second-order valence-corrected chi connectivity index (χ2v) is 4.85. The number of benzene rings is 2. The van der Waals surface area contributed by atoms with Gasteiger partial charge in [0.15, 0.2) is 0 Å². The molecule has 0 fully saturated rings. The van der Waals surface area contributed by atoms with Gasteiger partial charge in [-0.1, -0.05) is 0 Å². The quantitative estimate of drug-likeness (QED) is 0.750. The van der Waals surface area contributed by atoms with Crippen LogP contribution in [0, 0.1) is 0 Å². The Balaban J connectivity index is 1.75. The zero-order valence-corrected chi connectivity index (χ0v) is 11.3. The topological polar surface area (TPSA) is 45.2 Å². The highest BCUT2D eigenvalue weighted by Crippen LogP contribution is 2.30. The summed E-state index contributed by atoms with van der Waals surface area (Å²) in [4.78, 5) is 3.04. The monoisotopic (exact) mass is 307 g/mol. The molecule has 0 bridgehead atoms. The maximum Gasteiger partial charge on any atom is 0.416 e. The molecule has 0 atom stereocenters. The lowest BCUT2D eigenvalue weighted by Crippen LogP contribution is -2.04. The summed E-state index contributed by atoms with van der Waals surface area (Å²) in [7, 11) is 0. The Hall–Kier alpha value is -2.63. The van der Waals surface area contributed by atoms with E-state index in [2.05, 4.69) is 4.98 Å². The molecule has 3 nitrogen and oxygen atoms in total. The lowest BCUT2D eigenvalue weighted by atomic mass is 10.2. The van der Waals surface area contributed by atoms with E-state index in [9.17, 15) is 18.3 Å². The molecule has 2 aromatic carbocycles. The van der Waals surface area contributed by atoms with Gasteiger partial charge in [0, 0.05) is 22.7 Å². The van der Waals surface area contributed by atoms with E-state index in [-0.39, 0.29) is 12.4 Å². The summed E-state index contributed by atoms with van der Waals surface area (Å²) in [6.45, 7) is 0.189. The minimum Gasteiger partial charge on any atom is -0.508 e. The summed E-state index contributed by atoms with van der Waals surface area (Å²) < 4.78 is 42.9. The first-order valence-electron chi connectivity index (χ1n) is 6.52. The Labute approximate surface area is 124 Å². The maximum absolute atomic E-state index is 12.5. The average Bonchev–Trinajstić information content (AvgIpc) is 2.87. The second kappa shape index (κ2) is 5.29. The zero-order valence-electron chi connectivity index (χ0n) is 11.3.